The van der Waals surface area contributed by atoms with Crippen LogP contribution in [-0.4, -0.2) is 26.7 Å². The third-order valence-electron chi connectivity index (χ3n) is 4.94. The van der Waals surface area contributed by atoms with Crippen molar-refractivity contribution in [1.29, 1.82) is 0 Å². The van der Waals surface area contributed by atoms with Crippen molar-refractivity contribution in [3.63, 3.8) is 0 Å². The number of aliphatic hydroxyl groups excluding tert-OH is 1. The maximum absolute atomic E-state index is 13.0. The second-order valence-corrected chi connectivity index (χ2v) is 8.21. The molecule has 1 fully saturated rings. The highest BCUT2D eigenvalue weighted by Gasteiger charge is 2.47. The number of carbonyl (C=O) groups excluding carboxylic acids is 2. The summed E-state index contributed by atoms with van der Waals surface area (Å²) in [5.41, 5.74) is 0.388. The van der Waals surface area contributed by atoms with Crippen molar-refractivity contribution >= 4 is 56.5 Å². The lowest BCUT2D eigenvalue weighted by atomic mass is 9.95. The number of nitrogens with zero attached hydrogens (tertiary/aromatic N) is 3. The highest BCUT2D eigenvalue weighted by Crippen LogP contribution is 2.42. The van der Waals surface area contributed by atoms with Gasteiger partial charge in [0.2, 0.25) is 0 Å². The number of benzene rings is 2. The smallest absolute Gasteiger partial charge is 0.301 e. The van der Waals surface area contributed by atoms with Crippen LogP contribution < -0.4 is 4.90 Å². The zero-order valence-corrected chi connectivity index (χ0v) is 18.4. The van der Waals surface area contributed by atoms with E-state index in [0.29, 0.717) is 20.6 Å². The molecular formula is C22H13BrClN3O5. The van der Waals surface area contributed by atoms with E-state index in [1.54, 1.807) is 24.3 Å². The van der Waals surface area contributed by atoms with Crippen molar-refractivity contribution < 1.29 is 19.6 Å². The molecule has 1 unspecified atom stereocenters. The normalized spacial score (nSPS) is 17.6. The number of halogens is 2. The van der Waals surface area contributed by atoms with Crippen molar-refractivity contribution in [3.8, 4) is 0 Å². The number of nitro benzene ring substituents is 1. The Morgan fingerprint density at radius 2 is 1.72 bits per heavy atom. The molecule has 0 radical (unpaired) electrons. The Bertz CT molecular complexity index is 1260. The molecule has 32 heavy (non-hydrogen) atoms. The van der Waals surface area contributed by atoms with Gasteiger partial charge >= 0.3 is 5.91 Å². The van der Waals surface area contributed by atoms with Gasteiger partial charge in [-0.05, 0) is 70.0 Å². The number of carbonyl (C=O) groups is 2. The van der Waals surface area contributed by atoms with Gasteiger partial charge in [-0.15, -0.1) is 0 Å². The van der Waals surface area contributed by atoms with E-state index in [1.807, 2.05) is 0 Å². The first-order valence-corrected chi connectivity index (χ1v) is 10.4. The van der Waals surface area contributed by atoms with Crippen molar-refractivity contribution in [1.82, 2.24) is 4.98 Å². The highest BCUT2D eigenvalue weighted by molar-refractivity contribution is 9.10. The van der Waals surface area contributed by atoms with Crippen LogP contribution in [0.15, 0.2) is 76.9 Å². The summed E-state index contributed by atoms with van der Waals surface area (Å²) in [5, 5.41) is 22.5. The number of anilines is 1. The number of ketones is 1. The average molecular weight is 515 g/mol. The van der Waals surface area contributed by atoms with Crippen molar-refractivity contribution in [3.05, 3.63) is 103 Å². The predicted molar refractivity (Wildman–Crippen MR) is 121 cm³/mol. The Labute approximate surface area is 195 Å². The fourth-order valence-corrected chi connectivity index (χ4v) is 3.80. The minimum atomic E-state index is -1.04. The SMILES string of the molecule is O=C1C(=O)N(c2ccc(Br)cn2)C(c2ccc([N+](=O)[O-])cc2)C1=C(O)c1ccc(Cl)cc1. The summed E-state index contributed by atoms with van der Waals surface area (Å²) in [7, 11) is 0. The van der Waals surface area contributed by atoms with Gasteiger partial charge < -0.3 is 5.11 Å². The van der Waals surface area contributed by atoms with Crippen molar-refractivity contribution in [2.75, 3.05) is 4.90 Å². The molecule has 1 aliphatic heterocycles. The molecule has 1 aliphatic rings. The van der Waals surface area contributed by atoms with E-state index in [1.165, 1.54) is 42.6 Å². The Balaban J connectivity index is 1.92. The molecule has 0 bridgehead atoms. The lowest BCUT2D eigenvalue weighted by molar-refractivity contribution is -0.384. The van der Waals surface area contributed by atoms with E-state index in [9.17, 15) is 24.8 Å². The molecule has 0 aliphatic carbocycles. The molecule has 0 spiro atoms. The van der Waals surface area contributed by atoms with Crippen LogP contribution in [-0.2, 0) is 9.59 Å². The summed E-state index contributed by atoms with van der Waals surface area (Å²) in [6.45, 7) is 0. The van der Waals surface area contributed by atoms with Gasteiger partial charge in [0.1, 0.15) is 11.6 Å². The van der Waals surface area contributed by atoms with Crippen LogP contribution in [0.4, 0.5) is 11.5 Å². The number of aliphatic hydroxyl groups is 1. The number of aromatic nitrogens is 1. The standard InChI is InChI=1S/C22H13BrClN3O5/c23-14-5-10-17(25-11-14)26-19(12-3-8-16(9-4-12)27(31)32)18(21(29)22(26)30)20(28)13-1-6-15(24)7-2-13/h1-11,19,28H. The molecule has 0 saturated carbocycles. The van der Waals surface area contributed by atoms with Gasteiger partial charge in [-0.2, -0.15) is 0 Å². The van der Waals surface area contributed by atoms with Crippen LogP contribution in [0.3, 0.4) is 0 Å². The van der Waals surface area contributed by atoms with Crippen molar-refractivity contribution in [2.24, 2.45) is 0 Å². The van der Waals surface area contributed by atoms with Crippen LogP contribution in [0.5, 0.6) is 0 Å². The van der Waals surface area contributed by atoms with Gasteiger partial charge in [-0.1, -0.05) is 11.6 Å². The van der Waals surface area contributed by atoms with Crippen LogP contribution >= 0.6 is 27.5 Å². The monoisotopic (exact) mass is 513 g/mol. The first kappa shape index (κ1) is 21.7. The number of hydrogen-bond donors (Lipinski definition) is 1. The topological polar surface area (TPSA) is 114 Å². The second kappa shape index (κ2) is 8.52. The summed E-state index contributed by atoms with van der Waals surface area (Å²) >= 11 is 9.19. The highest BCUT2D eigenvalue weighted by atomic mass is 79.9. The van der Waals surface area contributed by atoms with Crippen LogP contribution in [0.1, 0.15) is 17.2 Å². The molecule has 1 amide bonds. The molecule has 1 aromatic heterocycles. The molecule has 4 rings (SSSR count). The molecule has 1 saturated heterocycles. The van der Waals surface area contributed by atoms with Crippen LogP contribution in [0.25, 0.3) is 5.76 Å². The number of amides is 1. The van der Waals surface area contributed by atoms with E-state index >= 15 is 0 Å². The molecule has 2 heterocycles. The summed E-state index contributed by atoms with van der Waals surface area (Å²) < 4.78 is 0.672. The quantitative estimate of drug-likeness (QED) is 0.172. The lowest BCUT2D eigenvalue weighted by Gasteiger charge is -2.24. The van der Waals surface area contributed by atoms with E-state index < -0.39 is 22.7 Å². The molecule has 3 aromatic rings. The molecule has 1 N–H and O–H groups in total. The zero-order chi connectivity index (χ0) is 23.0. The predicted octanol–water partition coefficient (Wildman–Crippen LogP) is 5.03. The van der Waals surface area contributed by atoms with Gasteiger partial charge in [-0.25, -0.2) is 4.98 Å². The largest absolute Gasteiger partial charge is 0.507 e. The Morgan fingerprint density at radius 1 is 1.06 bits per heavy atom. The third-order valence-corrected chi connectivity index (χ3v) is 5.66. The van der Waals surface area contributed by atoms with E-state index in [-0.39, 0.29) is 22.8 Å². The molecule has 10 heteroatoms. The van der Waals surface area contributed by atoms with Gasteiger partial charge in [0.15, 0.2) is 0 Å². The fourth-order valence-electron chi connectivity index (χ4n) is 3.44. The molecule has 160 valence electrons. The molecular weight excluding hydrogens is 502 g/mol. The minimum absolute atomic E-state index is 0.148. The maximum Gasteiger partial charge on any atom is 0.301 e. The van der Waals surface area contributed by atoms with Crippen LogP contribution in [0, 0.1) is 10.1 Å². The number of non-ortho nitro benzene ring substituents is 1. The van der Waals surface area contributed by atoms with Gasteiger partial charge in [0.05, 0.1) is 16.5 Å². The van der Waals surface area contributed by atoms with Gasteiger partial charge in [-0.3, -0.25) is 24.6 Å². The summed E-state index contributed by atoms with van der Waals surface area (Å²) in [6.07, 6.45) is 1.47. The Morgan fingerprint density at radius 3 is 2.28 bits per heavy atom. The Hall–Kier alpha value is -3.56. The number of hydrogen-bond acceptors (Lipinski definition) is 6. The summed E-state index contributed by atoms with van der Waals surface area (Å²) in [4.78, 5) is 41.9. The zero-order valence-electron chi connectivity index (χ0n) is 16.1. The summed E-state index contributed by atoms with van der Waals surface area (Å²) in [6, 6.07) is 13.7. The Kier molecular flexibility index (Phi) is 5.77. The number of nitro groups is 1. The van der Waals surface area contributed by atoms with E-state index in [4.69, 9.17) is 11.6 Å². The fraction of sp³-hybridized carbons (Fsp3) is 0.0455. The van der Waals surface area contributed by atoms with Crippen LogP contribution in [0.2, 0.25) is 5.02 Å². The van der Waals surface area contributed by atoms with E-state index in [0.717, 1.165) is 4.90 Å². The number of pyridine rings is 1. The first-order chi connectivity index (χ1) is 15.3. The number of Topliss-reactive ketones (excluding diaryl/α,β-unsaturated/α-hetero) is 1. The number of rotatable bonds is 4. The average Bonchev–Trinajstić information content (AvgIpc) is 3.05. The third kappa shape index (κ3) is 3.88. The van der Waals surface area contributed by atoms with Crippen molar-refractivity contribution in [2.45, 2.75) is 6.04 Å². The maximum atomic E-state index is 13.0. The first-order valence-electron chi connectivity index (χ1n) is 9.21. The molecule has 2 aromatic carbocycles. The van der Waals surface area contributed by atoms with Gasteiger partial charge in [0.25, 0.3) is 11.5 Å². The molecule has 1 atom stereocenters. The minimum Gasteiger partial charge on any atom is -0.507 e. The second-order valence-electron chi connectivity index (χ2n) is 6.86. The summed E-state index contributed by atoms with van der Waals surface area (Å²) in [5.74, 6) is -1.97. The molecule has 8 nitrogen and oxygen atoms in total. The lowest BCUT2D eigenvalue weighted by Crippen LogP contribution is -2.30. The van der Waals surface area contributed by atoms with Gasteiger partial charge in [0, 0.05) is 33.4 Å². The van der Waals surface area contributed by atoms with E-state index in [2.05, 4.69) is 20.9 Å².